The van der Waals surface area contributed by atoms with Gasteiger partial charge in [-0.3, -0.25) is 14.7 Å². The van der Waals surface area contributed by atoms with Gasteiger partial charge in [-0.1, -0.05) is 47.6 Å². The van der Waals surface area contributed by atoms with Gasteiger partial charge in [-0.05, 0) is 54.5 Å². The number of piperidine rings is 1. The molecular formula is C24H23ClN4O3S3. The predicted molar refractivity (Wildman–Crippen MR) is 141 cm³/mol. The summed E-state index contributed by atoms with van der Waals surface area (Å²) in [5, 5.41) is 2.79. The number of hydrogen-bond donors (Lipinski definition) is 0. The smallest absolute Gasteiger partial charge is 0.253 e. The summed E-state index contributed by atoms with van der Waals surface area (Å²) < 4.78 is 29.3. The molecule has 0 N–H and O–H groups in total. The van der Waals surface area contributed by atoms with Crippen molar-refractivity contribution >= 4 is 65.6 Å². The van der Waals surface area contributed by atoms with Crippen molar-refractivity contribution in [3.05, 3.63) is 70.3 Å². The fourth-order valence-corrected chi connectivity index (χ4v) is 8.36. The standard InChI is InChI=1S/C24H23ClN4O3S3/c1-16-9-10-18(25)22-21(16)27-24(34-22)28(15-17-6-4-11-26-14-17)23(30)19-7-2-3-12-29(19)35(31,32)20-8-5-13-33-20/h4-6,8-11,13-14,19H,2-3,7,12,15H2,1H3. The van der Waals surface area contributed by atoms with Gasteiger partial charge in [0.1, 0.15) is 10.3 Å². The van der Waals surface area contributed by atoms with Crippen LogP contribution in [-0.2, 0) is 21.4 Å². The van der Waals surface area contributed by atoms with Crippen LogP contribution in [0, 0.1) is 6.92 Å². The minimum atomic E-state index is -3.79. The van der Waals surface area contributed by atoms with E-state index in [1.54, 1.807) is 34.8 Å². The summed E-state index contributed by atoms with van der Waals surface area (Å²) in [6.07, 6.45) is 5.32. The van der Waals surface area contributed by atoms with Gasteiger partial charge in [0.2, 0.25) is 5.91 Å². The van der Waals surface area contributed by atoms with Crippen LogP contribution < -0.4 is 4.90 Å². The van der Waals surface area contributed by atoms with E-state index in [1.807, 2.05) is 31.2 Å². The number of amides is 1. The molecule has 11 heteroatoms. The molecule has 1 unspecified atom stereocenters. The Balaban J connectivity index is 1.57. The Morgan fingerprint density at radius 3 is 2.80 bits per heavy atom. The largest absolute Gasteiger partial charge is 0.282 e. The van der Waals surface area contributed by atoms with Crippen molar-refractivity contribution in [2.75, 3.05) is 11.4 Å². The topological polar surface area (TPSA) is 83.5 Å². The molecule has 5 rings (SSSR count). The monoisotopic (exact) mass is 546 g/mol. The first-order chi connectivity index (χ1) is 16.9. The van der Waals surface area contributed by atoms with Gasteiger partial charge in [-0.2, -0.15) is 4.31 Å². The Hall–Kier alpha value is -2.37. The molecule has 0 bridgehead atoms. The lowest BCUT2D eigenvalue weighted by molar-refractivity contribution is -0.123. The van der Waals surface area contributed by atoms with Crippen molar-refractivity contribution in [3.8, 4) is 0 Å². The highest BCUT2D eigenvalue weighted by atomic mass is 35.5. The number of aryl methyl sites for hydroxylation is 1. The molecule has 4 aromatic rings. The molecule has 1 fully saturated rings. The Kier molecular flexibility index (Phi) is 6.91. The van der Waals surface area contributed by atoms with Gasteiger partial charge >= 0.3 is 0 Å². The van der Waals surface area contributed by atoms with Crippen LogP contribution in [0.5, 0.6) is 0 Å². The summed E-state index contributed by atoms with van der Waals surface area (Å²) in [5.41, 5.74) is 2.53. The summed E-state index contributed by atoms with van der Waals surface area (Å²) in [4.78, 5) is 24.7. The molecule has 1 aliphatic rings. The average molecular weight is 547 g/mol. The number of sulfonamides is 1. The molecule has 0 aliphatic carbocycles. The van der Waals surface area contributed by atoms with Crippen LogP contribution in [0.1, 0.15) is 30.4 Å². The van der Waals surface area contributed by atoms with Crippen molar-refractivity contribution in [2.24, 2.45) is 0 Å². The van der Waals surface area contributed by atoms with Crippen LogP contribution in [0.3, 0.4) is 0 Å². The molecule has 4 heterocycles. The fraction of sp³-hybridized carbons (Fsp3) is 0.292. The number of aromatic nitrogens is 2. The minimum absolute atomic E-state index is 0.229. The SMILES string of the molecule is Cc1ccc(Cl)c2sc(N(Cc3cccnc3)C(=O)C3CCCCN3S(=O)(=O)c3cccs3)nc12. The fourth-order valence-electron chi connectivity index (χ4n) is 4.27. The summed E-state index contributed by atoms with van der Waals surface area (Å²) in [6.45, 7) is 2.49. The van der Waals surface area contributed by atoms with E-state index in [0.717, 1.165) is 39.1 Å². The molecule has 1 aliphatic heterocycles. The Labute approximate surface area is 217 Å². The number of pyridine rings is 1. The van der Waals surface area contributed by atoms with Crippen LogP contribution in [0.2, 0.25) is 5.02 Å². The molecule has 1 saturated heterocycles. The third-order valence-electron chi connectivity index (χ3n) is 6.04. The van der Waals surface area contributed by atoms with Gasteiger partial charge in [0.15, 0.2) is 5.13 Å². The zero-order valence-corrected chi connectivity index (χ0v) is 22.1. The molecular weight excluding hydrogens is 524 g/mol. The number of carbonyl (C=O) groups is 1. The number of thiophene rings is 1. The lowest BCUT2D eigenvalue weighted by atomic mass is 10.0. The number of benzene rings is 1. The summed E-state index contributed by atoms with van der Waals surface area (Å²) in [7, 11) is -3.79. The van der Waals surface area contributed by atoms with Gasteiger partial charge in [0.25, 0.3) is 10.0 Å². The third-order valence-corrected chi connectivity index (χ3v) is 10.9. The average Bonchev–Trinajstić information content (AvgIpc) is 3.57. The van der Waals surface area contributed by atoms with Crippen molar-refractivity contribution in [1.82, 2.24) is 14.3 Å². The van der Waals surface area contributed by atoms with E-state index in [-0.39, 0.29) is 16.7 Å². The Morgan fingerprint density at radius 1 is 1.23 bits per heavy atom. The number of halogens is 1. The molecule has 0 saturated carbocycles. The lowest BCUT2D eigenvalue weighted by Gasteiger charge is -2.35. The highest BCUT2D eigenvalue weighted by Gasteiger charge is 2.41. The number of rotatable bonds is 6. The van der Waals surface area contributed by atoms with Gasteiger partial charge < -0.3 is 0 Å². The number of carbonyl (C=O) groups excluding carboxylic acids is 1. The van der Waals surface area contributed by atoms with Gasteiger partial charge in [0, 0.05) is 18.9 Å². The maximum absolute atomic E-state index is 14.1. The van der Waals surface area contributed by atoms with E-state index in [2.05, 4.69) is 4.98 Å². The van der Waals surface area contributed by atoms with E-state index in [4.69, 9.17) is 16.6 Å². The van der Waals surface area contributed by atoms with Gasteiger partial charge in [0.05, 0.1) is 21.8 Å². The number of fused-ring (bicyclic) bond motifs is 1. The molecule has 0 spiro atoms. The van der Waals surface area contributed by atoms with Crippen molar-refractivity contribution in [3.63, 3.8) is 0 Å². The Morgan fingerprint density at radius 2 is 2.09 bits per heavy atom. The van der Waals surface area contributed by atoms with Crippen LogP contribution in [0.15, 0.2) is 58.4 Å². The van der Waals surface area contributed by atoms with E-state index >= 15 is 0 Å². The first kappa shape index (κ1) is 24.3. The zero-order chi connectivity index (χ0) is 24.6. The highest BCUT2D eigenvalue weighted by molar-refractivity contribution is 7.91. The maximum atomic E-state index is 14.1. The predicted octanol–water partition coefficient (Wildman–Crippen LogP) is 5.49. The minimum Gasteiger partial charge on any atom is -0.282 e. The number of hydrogen-bond acceptors (Lipinski definition) is 7. The number of nitrogens with zero attached hydrogens (tertiary/aromatic N) is 4. The van der Waals surface area contributed by atoms with Crippen LogP contribution >= 0.6 is 34.3 Å². The van der Waals surface area contributed by atoms with E-state index in [0.29, 0.717) is 29.5 Å². The Bertz CT molecular complexity index is 1420. The summed E-state index contributed by atoms with van der Waals surface area (Å²) >= 11 is 8.95. The second kappa shape index (κ2) is 9.94. The second-order valence-electron chi connectivity index (χ2n) is 8.38. The normalized spacial score (nSPS) is 17.0. The second-order valence-corrected chi connectivity index (χ2v) is 12.8. The number of thiazole rings is 1. The van der Waals surface area contributed by atoms with Gasteiger partial charge in [-0.25, -0.2) is 13.4 Å². The lowest BCUT2D eigenvalue weighted by Crippen LogP contribution is -2.52. The van der Waals surface area contributed by atoms with Gasteiger partial charge in [-0.15, -0.1) is 11.3 Å². The number of anilines is 1. The van der Waals surface area contributed by atoms with Crippen LogP contribution in [-0.4, -0.2) is 41.2 Å². The molecule has 1 aromatic carbocycles. The van der Waals surface area contributed by atoms with E-state index < -0.39 is 16.1 Å². The molecule has 7 nitrogen and oxygen atoms in total. The molecule has 1 amide bonds. The molecule has 182 valence electrons. The van der Waals surface area contributed by atoms with Crippen LogP contribution in [0.4, 0.5) is 5.13 Å². The summed E-state index contributed by atoms with van der Waals surface area (Å²) in [6, 6.07) is 9.91. The maximum Gasteiger partial charge on any atom is 0.253 e. The molecule has 0 radical (unpaired) electrons. The quantitative estimate of drug-likeness (QED) is 0.319. The van der Waals surface area contributed by atoms with E-state index in [9.17, 15) is 13.2 Å². The third kappa shape index (κ3) is 4.73. The first-order valence-electron chi connectivity index (χ1n) is 11.2. The first-order valence-corrected chi connectivity index (χ1v) is 14.7. The molecule has 1 atom stereocenters. The van der Waals surface area contributed by atoms with E-state index in [1.165, 1.54) is 15.6 Å². The molecule has 35 heavy (non-hydrogen) atoms. The van der Waals surface area contributed by atoms with Crippen molar-refractivity contribution in [2.45, 2.75) is 43.0 Å². The summed E-state index contributed by atoms with van der Waals surface area (Å²) in [5.74, 6) is -0.290. The highest BCUT2D eigenvalue weighted by Crippen LogP contribution is 2.37. The van der Waals surface area contributed by atoms with Crippen LogP contribution in [0.25, 0.3) is 10.2 Å². The van der Waals surface area contributed by atoms with Crippen molar-refractivity contribution < 1.29 is 13.2 Å². The van der Waals surface area contributed by atoms with Crippen molar-refractivity contribution in [1.29, 1.82) is 0 Å². The molecule has 3 aromatic heterocycles. The zero-order valence-electron chi connectivity index (χ0n) is 18.9.